The lowest BCUT2D eigenvalue weighted by atomic mass is 10.1. The van der Waals surface area contributed by atoms with E-state index in [1.54, 1.807) is 13.8 Å². The maximum atomic E-state index is 11.5. The van der Waals surface area contributed by atoms with Gasteiger partial charge in [-0.3, -0.25) is 0 Å². The Hall–Kier alpha value is -1.65. The van der Waals surface area contributed by atoms with Gasteiger partial charge in [-0.25, -0.2) is 4.79 Å². The molecule has 0 saturated carbocycles. The lowest BCUT2D eigenvalue weighted by molar-refractivity contribution is 0.0696. The largest absolute Gasteiger partial charge is 0.478 e. The molecule has 0 bridgehead atoms. The smallest absolute Gasteiger partial charge is 0.339 e. The Bertz CT molecular complexity index is 466. The average Bonchev–Trinajstić information content (AvgIpc) is 2.32. The Balaban J connectivity index is 2.36. The Morgan fingerprint density at radius 1 is 1.05 bits per heavy atom. The summed E-state index contributed by atoms with van der Waals surface area (Å²) in [5.41, 5.74) is 1.72. The van der Waals surface area contributed by atoms with E-state index in [1.807, 2.05) is 0 Å². The highest BCUT2D eigenvalue weighted by Gasteiger charge is 2.22. The first-order valence-corrected chi connectivity index (χ1v) is 6.93. The number of aryl methyl sites for hydroxylation is 1. The maximum Gasteiger partial charge on any atom is 0.339 e. The van der Waals surface area contributed by atoms with Crippen molar-refractivity contribution >= 4 is 11.8 Å². The summed E-state index contributed by atoms with van der Waals surface area (Å²) in [7, 11) is 0. The Morgan fingerprint density at radius 2 is 1.63 bits per heavy atom. The van der Waals surface area contributed by atoms with Gasteiger partial charge in [0.05, 0.1) is 5.69 Å². The van der Waals surface area contributed by atoms with Gasteiger partial charge in [-0.15, -0.1) is 5.10 Å². The number of carbonyl (C=O) groups is 1. The van der Waals surface area contributed by atoms with Crippen LogP contribution in [0.2, 0.25) is 0 Å². The van der Waals surface area contributed by atoms with Crippen molar-refractivity contribution in [1.82, 2.24) is 10.2 Å². The van der Waals surface area contributed by atoms with E-state index in [0.717, 1.165) is 31.5 Å². The molecular weight excluding hydrogens is 242 g/mol. The first kappa shape index (κ1) is 13.8. The van der Waals surface area contributed by atoms with E-state index >= 15 is 0 Å². The molecule has 2 heterocycles. The number of carboxylic acid groups (broad SMARTS) is 1. The minimum atomic E-state index is -0.910. The minimum Gasteiger partial charge on any atom is -0.478 e. The number of carboxylic acids is 1. The van der Waals surface area contributed by atoms with Crippen LogP contribution in [0.3, 0.4) is 0 Å². The van der Waals surface area contributed by atoms with Crippen molar-refractivity contribution in [3.8, 4) is 0 Å². The summed E-state index contributed by atoms with van der Waals surface area (Å²) < 4.78 is 0. The third-order valence-corrected chi connectivity index (χ3v) is 3.81. The summed E-state index contributed by atoms with van der Waals surface area (Å²) in [4.78, 5) is 13.6. The van der Waals surface area contributed by atoms with Crippen LogP contribution in [0.4, 0.5) is 5.82 Å². The van der Waals surface area contributed by atoms with Crippen LogP contribution in [0.25, 0.3) is 0 Å². The number of hydrogen-bond acceptors (Lipinski definition) is 4. The highest BCUT2D eigenvalue weighted by Crippen LogP contribution is 2.24. The van der Waals surface area contributed by atoms with Crippen LogP contribution in [0, 0.1) is 13.8 Å². The molecule has 1 fully saturated rings. The van der Waals surface area contributed by atoms with Crippen molar-refractivity contribution in [3.05, 3.63) is 16.8 Å². The van der Waals surface area contributed by atoms with Crippen molar-refractivity contribution in [2.75, 3.05) is 18.0 Å². The van der Waals surface area contributed by atoms with Crippen LogP contribution in [-0.4, -0.2) is 34.4 Å². The number of hydrogen-bond donors (Lipinski definition) is 1. The second kappa shape index (κ2) is 5.99. The molecule has 0 radical (unpaired) electrons. The monoisotopic (exact) mass is 263 g/mol. The van der Waals surface area contributed by atoms with Gasteiger partial charge in [-0.05, 0) is 32.3 Å². The molecule has 0 amide bonds. The molecule has 19 heavy (non-hydrogen) atoms. The van der Waals surface area contributed by atoms with Crippen molar-refractivity contribution in [1.29, 1.82) is 0 Å². The predicted molar refractivity (Wildman–Crippen MR) is 73.8 cm³/mol. The number of aromatic carboxylic acids is 1. The first-order valence-electron chi connectivity index (χ1n) is 6.93. The van der Waals surface area contributed by atoms with E-state index in [2.05, 4.69) is 15.1 Å². The van der Waals surface area contributed by atoms with Gasteiger partial charge in [0, 0.05) is 13.1 Å². The van der Waals surface area contributed by atoms with E-state index in [-0.39, 0.29) is 0 Å². The van der Waals surface area contributed by atoms with Gasteiger partial charge in [0.15, 0.2) is 5.82 Å². The maximum absolute atomic E-state index is 11.5. The van der Waals surface area contributed by atoms with Crippen LogP contribution in [0.1, 0.15) is 53.7 Å². The van der Waals surface area contributed by atoms with Crippen LogP contribution in [0.15, 0.2) is 0 Å². The molecule has 0 atom stereocenters. The number of rotatable bonds is 2. The first-order chi connectivity index (χ1) is 9.11. The van der Waals surface area contributed by atoms with E-state index in [0.29, 0.717) is 17.1 Å². The number of nitrogens with zero attached hydrogens (tertiary/aromatic N) is 3. The van der Waals surface area contributed by atoms with Gasteiger partial charge in [0.1, 0.15) is 5.56 Å². The normalized spacial score (nSPS) is 16.8. The molecule has 1 aromatic heterocycles. The minimum absolute atomic E-state index is 0.313. The van der Waals surface area contributed by atoms with Crippen LogP contribution in [-0.2, 0) is 0 Å². The highest BCUT2D eigenvalue weighted by molar-refractivity contribution is 5.95. The molecule has 5 nitrogen and oxygen atoms in total. The molecule has 1 aromatic rings. The van der Waals surface area contributed by atoms with Crippen molar-refractivity contribution < 1.29 is 9.90 Å². The molecule has 5 heteroatoms. The summed E-state index contributed by atoms with van der Waals surface area (Å²) in [6.45, 7) is 5.35. The standard InChI is InChI=1S/C14H21N3O2/c1-10-11(2)15-16-13(12(10)14(18)19)17-8-6-4-3-5-7-9-17/h3-9H2,1-2H3,(H,18,19). The molecule has 0 spiro atoms. The highest BCUT2D eigenvalue weighted by atomic mass is 16.4. The van der Waals surface area contributed by atoms with Crippen molar-refractivity contribution in [2.45, 2.75) is 46.0 Å². The van der Waals surface area contributed by atoms with E-state index in [4.69, 9.17) is 0 Å². The lowest BCUT2D eigenvalue weighted by Crippen LogP contribution is -2.30. The van der Waals surface area contributed by atoms with Crippen LogP contribution >= 0.6 is 0 Å². The fourth-order valence-corrected chi connectivity index (χ4v) is 2.53. The molecule has 1 aliphatic heterocycles. The molecule has 1 saturated heterocycles. The predicted octanol–water partition coefficient (Wildman–Crippen LogP) is 2.56. The second-order valence-electron chi connectivity index (χ2n) is 5.17. The zero-order valence-electron chi connectivity index (χ0n) is 11.6. The zero-order chi connectivity index (χ0) is 13.8. The molecule has 0 aliphatic carbocycles. The van der Waals surface area contributed by atoms with Crippen molar-refractivity contribution in [3.63, 3.8) is 0 Å². The van der Waals surface area contributed by atoms with Gasteiger partial charge in [0.2, 0.25) is 0 Å². The lowest BCUT2D eigenvalue weighted by Gasteiger charge is -2.27. The van der Waals surface area contributed by atoms with E-state index in [1.165, 1.54) is 19.3 Å². The number of anilines is 1. The molecule has 104 valence electrons. The SMILES string of the molecule is Cc1nnc(N2CCCCCCC2)c(C(=O)O)c1C. The Labute approximate surface area is 113 Å². The molecule has 1 N–H and O–H groups in total. The fourth-order valence-electron chi connectivity index (χ4n) is 2.53. The Kier molecular flexibility index (Phi) is 4.35. The Morgan fingerprint density at radius 3 is 2.21 bits per heavy atom. The summed E-state index contributed by atoms with van der Waals surface area (Å²) in [5.74, 6) is -0.370. The van der Waals surface area contributed by atoms with Gasteiger partial charge in [-0.1, -0.05) is 19.3 Å². The molecule has 2 rings (SSSR count). The fraction of sp³-hybridized carbons (Fsp3) is 0.643. The molecule has 1 aliphatic rings. The number of aromatic nitrogens is 2. The van der Waals surface area contributed by atoms with Gasteiger partial charge in [-0.2, -0.15) is 5.10 Å². The van der Waals surface area contributed by atoms with Gasteiger partial charge < -0.3 is 10.0 Å². The van der Waals surface area contributed by atoms with Gasteiger partial charge in [0.25, 0.3) is 0 Å². The molecule has 0 unspecified atom stereocenters. The topological polar surface area (TPSA) is 66.3 Å². The molecular formula is C14H21N3O2. The summed E-state index contributed by atoms with van der Waals surface area (Å²) >= 11 is 0. The summed E-state index contributed by atoms with van der Waals surface area (Å²) in [5, 5.41) is 17.7. The van der Waals surface area contributed by atoms with Crippen LogP contribution < -0.4 is 4.90 Å². The molecule has 0 aromatic carbocycles. The summed E-state index contributed by atoms with van der Waals surface area (Å²) in [6, 6.07) is 0. The summed E-state index contributed by atoms with van der Waals surface area (Å²) in [6.07, 6.45) is 5.87. The third kappa shape index (κ3) is 3.03. The zero-order valence-corrected chi connectivity index (χ0v) is 11.6. The van der Waals surface area contributed by atoms with Crippen LogP contribution in [0.5, 0.6) is 0 Å². The van der Waals surface area contributed by atoms with Gasteiger partial charge >= 0.3 is 5.97 Å². The van der Waals surface area contributed by atoms with E-state index < -0.39 is 5.97 Å². The van der Waals surface area contributed by atoms with E-state index in [9.17, 15) is 9.90 Å². The van der Waals surface area contributed by atoms with Crippen molar-refractivity contribution in [2.24, 2.45) is 0 Å². The average molecular weight is 263 g/mol. The quantitative estimate of drug-likeness (QED) is 0.888. The second-order valence-corrected chi connectivity index (χ2v) is 5.17. The third-order valence-electron chi connectivity index (χ3n) is 3.81.